The Morgan fingerprint density at radius 3 is 2.50 bits per heavy atom. The Bertz CT molecular complexity index is 85.9. The average molecular weight is 190 g/mol. The summed E-state index contributed by atoms with van der Waals surface area (Å²) in [5, 5.41) is 9.46. The lowest BCUT2D eigenvalue weighted by atomic mass is 10.1. The van der Waals surface area contributed by atoms with Gasteiger partial charge in [0.05, 0.1) is 6.10 Å². The van der Waals surface area contributed by atoms with Gasteiger partial charge in [-0.3, -0.25) is 0 Å². The maximum Gasteiger partial charge on any atom is 0.0630 e. The first-order valence-corrected chi connectivity index (χ1v) is 6.22. The highest BCUT2D eigenvalue weighted by molar-refractivity contribution is 7.99. The van der Waals surface area contributed by atoms with Crippen LogP contribution in [-0.4, -0.2) is 22.7 Å². The van der Waals surface area contributed by atoms with Crippen LogP contribution < -0.4 is 0 Å². The molecule has 0 aromatic rings. The van der Waals surface area contributed by atoms with Gasteiger partial charge in [-0.25, -0.2) is 0 Å². The zero-order chi connectivity index (χ0) is 9.23. The lowest BCUT2D eigenvalue weighted by Gasteiger charge is -2.08. The van der Waals surface area contributed by atoms with Crippen LogP contribution in [0.3, 0.4) is 0 Å². The van der Waals surface area contributed by atoms with Crippen molar-refractivity contribution in [3.05, 3.63) is 0 Å². The summed E-state index contributed by atoms with van der Waals surface area (Å²) in [5.41, 5.74) is 0. The zero-order valence-electron chi connectivity index (χ0n) is 8.38. The van der Waals surface area contributed by atoms with E-state index in [1.807, 2.05) is 11.8 Å². The van der Waals surface area contributed by atoms with Crippen LogP contribution in [0.1, 0.15) is 46.0 Å². The van der Waals surface area contributed by atoms with E-state index in [0.29, 0.717) is 0 Å². The molecule has 74 valence electrons. The normalized spacial score (nSPS) is 13.2. The van der Waals surface area contributed by atoms with E-state index < -0.39 is 0 Å². The number of unbranched alkanes of at least 4 members (excludes halogenated alkanes) is 3. The van der Waals surface area contributed by atoms with Crippen molar-refractivity contribution in [3.8, 4) is 0 Å². The monoisotopic (exact) mass is 190 g/mol. The summed E-state index contributed by atoms with van der Waals surface area (Å²) >= 11 is 1.83. The number of thioether (sulfide) groups is 1. The molecule has 0 amide bonds. The van der Waals surface area contributed by atoms with E-state index >= 15 is 0 Å². The van der Waals surface area contributed by atoms with E-state index in [4.69, 9.17) is 0 Å². The first kappa shape index (κ1) is 12.3. The van der Waals surface area contributed by atoms with Crippen LogP contribution in [0.4, 0.5) is 0 Å². The molecule has 0 heterocycles. The molecule has 0 spiro atoms. The van der Waals surface area contributed by atoms with Gasteiger partial charge in [-0.2, -0.15) is 11.8 Å². The lowest BCUT2D eigenvalue weighted by Crippen LogP contribution is -2.09. The van der Waals surface area contributed by atoms with Crippen LogP contribution in [0.15, 0.2) is 0 Å². The number of hydrogen-bond donors (Lipinski definition) is 1. The molecule has 0 aromatic carbocycles. The fourth-order valence-corrected chi connectivity index (χ4v) is 1.82. The maximum absolute atomic E-state index is 9.46. The summed E-state index contributed by atoms with van der Waals surface area (Å²) in [6, 6.07) is 0. The van der Waals surface area contributed by atoms with Crippen molar-refractivity contribution in [2.45, 2.75) is 52.1 Å². The zero-order valence-corrected chi connectivity index (χ0v) is 9.20. The second-order valence-electron chi connectivity index (χ2n) is 3.16. The van der Waals surface area contributed by atoms with Crippen LogP contribution >= 0.6 is 11.8 Å². The second-order valence-corrected chi connectivity index (χ2v) is 4.48. The fourth-order valence-electron chi connectivity index (χ4n) is 1.14. The number of hydrogen-bond acceptors (Lipinski definition) is 2. The molecule has 0 bridgehead atoms. The third-order valence-corrected chi connectivity index (χ3v) is 2.93. The van der Waals surface area contributed by atoms with Gasteiger partial charge in [0.25, 0.3) is 0 Å². The third kappa shape index (κ3) is 8.41. The Hall–Kier alpha value is 0.310. The molecule has 2 heteroatoms. The first-order chi connectivity index (χ1) is 5.81. The summed E-state index contributed by atoms with van der Waals surface area (Å²) < 4.78 is 0. The molecule has 0 rings (SSSR count). The smallest absolute Gasteiger partial charge is 0.0630 e. The van der Waals surface area contributed by atoms with Gasteiger partial charge in [-0.1, -0.05) is 39.5 Å². The van der Waals surface area contributed by atoms with Crippen molar-refractivity contribution in [3.63, 3.8) is 0 Å². The second kappa shape index (κ2) is 9.40. The molecule has 0 aliphatic heterocycles. The molecule has 0 saturated carbocycles. The van der Waals surface area contributed by atoms with Crippen LogP contribution in [0.25, 0.3) is 0 Å². The van der Waals surface area contributed by atoms with Gasteiger partial charge in [0.2, 0.25) is 0 Å². The Morgan fingerprint density at radius 2 is 1.92 bits per heavy atom. The standard InChI is InChI=1S/C10H22OS/c1-3-5-6-7-8-10(11)9-12-4-2/h10-11H,3-9H2,1-2H3/t10-/m0/s1. The molecule has 0 aliphatic rings. The van der Waals surface area contributed by atoms with E-state index in [2.05, 4.69) is 13.8 Å². The molecular weight excluding hydrogens is 168 g/mol. The summed E-state index contributed by atoms with van der Waals surface area (Å²) in [4.78, 5) is 0. The van der Waals surface area contributed by atoms with Gasteiger partial charge in [0, 0.05) is 5.75 Å². The van der Waals surface area contributed by atoms with Crippen LogP contribution in [0.2, 0.25) is 0 Å². The molecule has 1 N–H and O–H groups in total. The Kier molecular flexibility index (Phi) is 9.64. The van der Waals surface area contributed by atoms with Gasteiger partial charge in [-0.15, -0.1) is 0 Å². The largest absolute Gasteiger partial charge is 0.392 e. The number of aliphatic hydroxyl groups excluding tert-OH is 1. The van der Waals surface area contributed by atoms with Crippen molar-refractivity contribution in [1.82, 2.24) is 0 Å². The highest BCUT2D eigenvalue weighted by Gasteiger charge is 2.02. The van der Waals surface area contributed by atoms with E-state index in [-0.39, 0.29) is 6.10 Å². The minimum atomic E-state index is -0.0631. The van der Waals surface area contributed by atoms with Crippen LogP contribution in [0, 0.1) is 0 Å². The lowest BCUT2D eigenvalue weighted by molar-refractivity contribution is 0.185. The van der Waals surface area contributed by atoms with Crippen molar-refractivity contribution in [2.75, 3.05) is 11.5 Å². The quantitative estimate of drug-likeness (QED) is 0.594. The summed E-state index contributed by atoms with van der Waals surface area (Å²) in [6.45, 7) is 4.35. The van der Waals surface area contributed by atoms with E-state index in [1.165, 1.54) is 25.7 Å². The molecule has 0 fully saturated rings. The Balaban J connectivity index is 3.02. The average Bonchev–Trinajstić information content (AvgIpc) is 2.09. The third-order valence-electron chi connectivity index (χ3n) is 1.91. The minimum Gasteiger partial charge on any atom is -0.392 e. The highest BCUT2D eigenvalue weighted by atomic mass is 32.2. The van der Waals surface area contributed by atoms with Gasteiger partial charge in [-0.05, 0) is 12.2 Å². The molecule has 1 atom stereocenters. The van der Waals surface area contributed by atoms with E-state index in [0.717, 1.165) is 17.9 Å². The van der Waals surface area contributed by atoms with Crippen molar-refractivity contribution in [2.24, 2.45) is 0 Å². The fraction of sp³-hybridized carbons (Fsp3) is 1.00. The Morgan fingerprint density at radius 1 is 1.17 bits per heavy atom. The summed E-state index contributed by atoms with van der Waals surface area (Å²) in [7, 11) is 0. The van der Waals surface area contributed by atoms with Gasteiger partial charge < -0.3 is 5.11 Å². The molecule has 0 saturated heterocycles. The highest BCUT2D eigenvalue weighted by Crippen LogP contribution is 2.09. The van der Waals surface area contributed by atoms with Crippen molar-refractivity contribution >= 4 is 11.8 Å². The number of aliphatic hydroxyl groups is 1. The van der Waals surface area contributed by atoms with E-state index in [1.54, 1.807) is 0 Å². The maximum atomic E-state index is 9.46. The molecular formula is C10H22OS. The van der Waals surface area contributed by atoms with Gasteiger partial charge >= 0.3 is 0 Å². The molecule has 0 unspecified atom stereocenters. The van der Waals surface area contributed by atoms with Crippen LogP contribution in [0.5, 0.6) is 0 Å². The predicted molar refractivity (Wildman–Crippen MR) is 57.8 cm³/mol. The van der Waals surface area contributed by atoms with Crippen molar-refractivity contribution < 1.29 is 5.11 Å². The minimum absolute atomic E-state index is 0.0631. The van der Waals surface area contributed by atoms with Crippen LogP contribution in [-0.2, 0) is 0 Å². The summed E-state index contributed by atoms with van der Waals surface area (Å²) in [5.74, 6) is 2.04. The van der Waals surface area contributed by atoms with Crippen molar-refractivity contribution in [1.29, 1.82) is 0 Å². The predicted octanol–water partition coefficient (Wildman–Crippen LogP) is 3.07. The van der Waals surface area contributed by atoms with Gasteiger partial charge in [0.15, 0.2) is 0 Å². The molecule has 12 heavy (non-hydrogen) atoms. The van der Waals surface area contributed by atoms with E-state index in [9.17, 15) is 5.11 Å². The molecule has 1 nitrogen and oxygen atoms in total. The Labute approximate surface area is 80.9 Å². The number of rotatable bonds is 8. The molecule has 0 aliphatic carbocycles. The molecule has 0 aromatic heterocycles. The summed E-state index contributed by atoms with van der Waals surface area (Å²) in [6.07, 6.45) is 6.00. The van der Waals surface area contributed by atoms with Gasteiger partial charge in [0.1, 0.15) is 0 Å². The SMILES string of the molecule is CCCCCC[C@H](O)CSCC. The topological polar surface area (TPSA) is 20.2 Å². The first-order valence-electron chi connectivity index (χ1n) is 5.07. The molecule has 0 radical (unpaired) electrons.